The van der Waals surface area contributed by atoms with Crippen LogP contribution in [0.2, 0.25) is 0 Å². The summed E-state index contributed by atoms with van der Waals surface area (Å²) >= 11 is 0. The molecule has 2 aromatic carbocycles. The van der Waals surface area contributed by atoms with Crippen molar-refractivity contribution in [2.24, 2.45) is 5.92 Å². The Bertz CT molecular complexity index is 1090. The first-order valence-corrected chi connectivity index (χ1v) is 10.4. The third-order valence-electron chi connectivity index (χ3n) is 5.57. The lowest BCUT2D eigenvalue weighted by molar-refractivity contribution is -0.120. The molecule has 1 aromatic heterocycles. The maximum absolute atomic E-state index is 13.1. The van der Waals surface area contributed by atoms with Crippen molar-refractivity contribution >= 4 is 23.4 Å². The van der Waals surface area contributed by atoms with E-state index in [9.17, 15) is 14.0 Å². The molecule has 3 aromatic rings. The first-order valence-electron chi connectivity index (χ1n) is 10.4. The van der Waals surface area contributed by atoms with Crippen LogP contribution < -0.4 is 10.2 Å². The number of hydrogen-bond acceptors (Lipinski definition) is 6. The van der Waals surface area contributed by atoms with Crippen LogP contribution >= 0.6 is 0 Å². The highest BCUT2D eigenvalue weighted by Gasteiger charge is 2.27. The minimum Gasteiger partial charge on any atom is -0.465 e. The third-order valence-corrected chi connectivity index (χ3v) is 5.57. The van der Waals surface area contributed by atoms with E-state index in [1.165, 1.54) is 19.2 Å². The van der Waals surface area contributed by atoms with Gasteiger partial charge in [0.05, 0.1) is 24.1 Å². The van der Waals surface area contributed by atoms with Crippen molar-refractivity contribution in [2.45, 2.75) is 12.8 Å². The zero-order valence-electron chi connectivity index (χ0n) is 17.6. The van der Waals surface area contributed by atoms with E-state index in [-0.39, 0.29) is 17.6 Å². The number of amides is 1. The monoisotopic (exact) mass is 434 g/mol. The Morgan fingerprint density at radius 1 is 1.00 bits per heavy atom. The summed E-state index contributed by atoms with van der Waals surface area (Å²) in [7, 11) is 1.31. The summed E-state index contributed by atoms with van der Waals surface area (Å²) in [4.78, 5) is 26.8. The number of anilines is 2. The van der Waals surface area contributed by atoms with Crippen LogP contribution in [0.4, 0.5) is 15.9 Å². The van der Waals surface area contributed by atoms with Crippen molar-refractivity contribution in [2.75, 3.05) is 30.4 Å². The lowest BCUT2D eigenvalue weighted by atomic mass is 9.95. The van der Waals surface area contributed by atoms with Gasteiger partial charge >= 0.3 is 5.97 Å². The number of halogens is 1. The predicted octanol–water partition coefficient (Wildman–Crippen LogP) is 3.92. The van der Waals surface area contributed by atoms with E-state index in [0.29, 0.717) is 42.9 Å². The summed E-state index contributed by atoms with van der Waals surface area (Å²) in [5.74, 6) is -0.315. The molecular formula is C24H23FN4O3. The lowest BCUT2D eigenvalue weighted by Gasteiger charge is -2.32. The van der Waals surface area contributed by atoms with Gasteiger partial charge in [0.2, 0.25) is 5.91 Å². The number of aromatic nitrogens is 2. The molecule has 1 fully saturated rings. The number of rotatable bonds is 5. The fourth-order valence-electron chi connectivity index (χ4n) is 3.75. The number of nitrogens with one attached hydrogen (secondary N) is 1. The fourth-order valence-corrected chi connectivity index (χ4v) is 3.75. The summed E-state index contributed by atoms with van der Waals surface area (Å²) in [5, 5.41) is 11.4. The molecule has 32 heavy (non-hydrogen) atoms. The second-order valence-corrected chi connectivity index (χ2v) is 7.57. The Morgan fingerprint density at radius 3 is 2.38 bits per heavy atom. The Kier molecular flexibility index (Phi) is 6.39. The van der Waals surface area contributed by atoms with Crippen molar-refractivity contribution in [1.29, 1.82) is 0 Å². The van der Waals surface area contributed by atoms with Gasteiger partial charge in [-0.05, 0) is 61.4 Å². The van der Waals surface area contributed by atoms with E-state index in [1.54, 1.807) is 36.4 Å². The number of carbonyl (C=O) groups excluding carboxylic acids is 2. The maximum Gasteiger partial charge on any atom is 0.339 e. The summed E-state index contributed by atoms with van der Waals surface area (Å²) in [6.07, 6.45) is 1.32. The summed E-state index contributed by atoms with van der Waals surface area (Å²) < 4.78 is 17.9. The number of para-hydroxylation sites is 1. The fraction of sp³-hybridized carbons (Fsp3) is 0.250. The number of hydrogen-bond donors (Lipinski definition) is 1. The highest BCUT2D eigenvalue weighted by molar-refractivity contribution is 6.01. The number of methoxy groups -OCH3 is 1. The Balaban J connectivity index is 1.35. The molecular weight excluding hydrogens is 411 g/mol. The molecule has 7 nitrogen and oxygen atoms in total. The van der Waals surface area contributed by atoms with Crippen LogP contribution in [0, 0.1) is 11.7 Å². The van der Waals surface area contributed by atoms with Crippen molar-refractivity contribution < 1.29 is 18.7 Å². The van der Waals surface area contributed by atoms with Gasteiger partial charge in [0, 0.05) is 24.6 Å². The first kappa shape index (κ1) is 21.4. The summed E-state index contributed by atoms with van der Waals surface area (Å²) in [5.41, 5.74) is 2.26. The Morgan fingerprint density at radius 2 is 1.72 bits per heavy atom. The van der Waals surface area contributed by atoms with Gasteiger partial charge in [-0.25, -0.2) is 9.18 Å². The maximum atomic E-state index is 13.1. The molecule has 1 aliphatic rings. The quantitative estimate of drug-likeness (QED) is 0.613. The molecule has 0 bridgehead atoms. The number of nitrogens with zero attached hydrogens (tertiary/aromatic N) is 3. The van der Waals surface area contributed by atoms with Crippen LogP contribution in [0.3, 0.4) is 0 Å². The van der Waals surface area contributed by atoms with Crippen LogP contribution in [0.5, 0.6) is 0 Å². The van der Waals surface area contributed by atoms with E-state index in [4.69, 9.17) is 4.74 Å². The smallest absolute Gasteiger partial charge is 0.339 e. The average molecular weight is 434 g/mol. The van der Waals surface area contributed by atoms with E-state index in [1.807, 2.05) is 12.1 Å². The molecule has 0 saturated carbocycles. The number of ether oxygens (including phenoxy) is 1. The number of benzene rings is 2. The highest BCUT2D eigenvalue weighted by atomic mass is 19.1. The van der Waals surface area contributed by atoms with Gasteiger partial charge < -0.3 is 15.0 Å². The van der Waals surface area contributed by atoms with Gasteiger partial charge in [0.1, 0.15) is 5.82 Å². The van der Waals surface area contributed by atoms with Crippen molar-refractivity contribution in [3.8, 4) is 11.3 Å². The summed E-state index contributed by atoms with van der Waals surface area (Å²) in [6, 6.07) is 16.7. The van der Waals surface area contributed by atoms with Gasteiger partial charge in [0.15, 0.2) is 5.82 Å². The molecule has 0 spiro atoms. The number of carbonyl (C=O) groups is 2. The van der Waals surface area contributed by atoms with Crippen LogP contribution in [0.15, 0.2) is 60.7 Å². The SMILES string of the molecule is COC(=O)c1ccccc1NC(=O)C1CCN(c2ccc(-c3ccc(F)cc3)nn2)CC1. The largest absolute Gasteiger partial charge is 0.465 e. The number of piperidine rings is 1. The molecule has 1 saturated heterocycles. The van der Waals surface area contributed by atoms with Gasteiger partial charge in [0.25, 0.3) is 0 Å². The molecule has 0 unspecified atom stereocenters. The molecule has 1 aliphatic heterocycles. The van der Waals surface area contributed by atoms with Gasteiger partial charge in [-0.2, -0.15) is 0 Å². The molecule has 1 N–H and O–H groups in total. The summed E-state index contributed by atoms with van der Waals surface area (Å²) in [6.45, 7) is 1.34. The zero-order valence-corrected chi connectivity index (χ0v) is 17.6. The second kappa shape index (κ2) is 9.55. The van der Waals surface area contributed by atoms with Crippen LogP contribution in [-0.4, -0.2) is 42.3 Å². The van der Waals surface area contributed by atoms with Gasteiger partial charge in [-0.1, -0.05) is 12.1 Å². The highest BCUT2D eigenvalue weighted by Crippen LogP contribution is 2.25. The van der Waals surface area contributed by atoms with Crippen LogP contribution in [0.25, 0.3) is 11.3 Å². The molecule has 8 heteroatoms. The van der Waals surface area contributed by atoms with E-state index in [0.717, 1.165) is 11.4 Å². The van der Waals surface area contributed by atoms with Crippen molar-refractivity contribution in [3.05, 3.63) is 72.0 Å². The predicted molar refractivity (Wildman–Crippen MR) is 119 cm³/mol. The molecule has 2 heterocycles. The second-order valence-electron chi connectivity index (χ2n) is 7.57. The standard InChI is InChI=1S/C24H23FN4O3/c1-32-24(31)19-4-2-3-5-21(19)26-23(30)17-12-14-29(15-13-17)22-11-10-20(27-28-22)16-6-8-18(25)9-7-16/h2-11,17H,12-15H2,1H3,(H,26,30). The Labute approximate surface area is 185 Å². The normalized spacial score (nSPS) is 14.1. The topological polar surface area (TPSA) is 84.4 Å². The minimum absolute atomic E-state index is 0.112. The van der Waals surface area contributed by atoms with Gasteiger partial charge in [-0.3, -0.25) is 4.79 Å². The minimum atomic E-state index is -0.488. The zero-order chi connectivity index (χ0) is 22.5. The van der Waals surface area contributed by atoms with Gasteiger partial charge in [-0.15, -0.1) is 10.2 Å². The van der Waals surface area contributed by atoms with Crippen LogP contribution in [0.1, 0.15) is 23.2 Å². The van der Waals surface area contributed by atoms with E-state index < -0.39 is 5.97 Å². The molecule has 4 rings (SSSR count). The molecule has 0 radical (unpaired) electrons. The van der Waals surface area contributed by atoms with Crippen molar-refractivity contribution in [1.82, 2.24) is 10.2 Å². The van der Waals surface area contributed by atoms with E-state index >= 15 is 0 Å². The molecule has 164 valence electrons. The number of esters is 1. The average Bonchev–Trinajstić information content (AvgIpc) is 2.84. The lowest BCUT2D eigenvalue weighted by Crippen LogP contribution is -2.38. The Hall–Kier alpha value is -3.81. The van der Waals surface area contributed by atoms with Crippen molar-refractivity contribution in [3.63, 3.8) is 0 Å². The van der Waals surface area contributed by atoms with E-state index in [2.05, 4.69) is 20.4 Å². The first-order chi connectivity index (χ1) is 15.5. The van der Waals surface area contributed by atoms with Crippen LogP contribution in [-0.2, 0) is 9.53 Å². The molecule has 0 aliphatic carbocycles. The molecule has 1 amide bonds. The third kappa shape index (κ3) is 4.74. The molecule has 0 atom stereocenters.